The van der Waals surface area contributed by atoms with Crippen LogP contribution in [0.1, 0.15) is 0 Å². The van der Waals surface area contributed by atoms with Crippen molar-refractivity contribution in [2.24, 2.45) is 0 Å². The summed E-state index contributed by atoms with van der Waals surface area (Å²) in [6.45, 7) is 5.41. The summed E-state index contributed by atoms with van der Waals surface area (Å²) < 4.78 is 0. The van der Waals surface area contributed by atoms with Gasteiger partial charge in [-0.15, -0.1) is 0 Å². The lowest BCUT2D eigenvalue weighted by molar-refractivity contribution is -0.117. The van der Waals surface area contributed by atoms with Crippen molar-refractivity contribution in [1.82, 2.24) is 19.7 Å². The van der Waals surface area contributed by atoms with Crippen LogP contribution in [-0.4, -0.2) is 93.0 Å². The van der Waals surface area contributed by atoms with Gasteiger partial charge in [0.15, 0.2) is 0 Å². The lowest BCUT2D eigenvalue weighted by atomic mass is 10.0. The fourth-order valence-corrected chi connectivity index (χ4v) is 3.36. The number of aromatic nitrogens is 1. The summed E-state index contributed by atoms with van der Waals surface area (Å²) in [6, 6.07) is 9.13. The van der Waals surface area contributed by atoms with Gasteiger partial charge in [0.05, 0.1) is 5.70 Å². The molecule has 0 bridgehead atoms. The number of rotatable bonds is 3. The van der Waals surface area contributed by atoms with E-state index in [1.165, 1.54) is 6.08 Å². The highest BCUT2D eigenvalue weighted by atomic mass is 27.0. The number of hydrogen-bond acceptors (Lipinski definition) is 7. The number of phenolic OH excluding ortho intramolecular Hbond substituents is 1. The normalized spacial score (nSPS) is 19.4. The van der Waals surface area contributed by atoms with Gasteiger partial charge in [-0.1, -0.05) is 18.2 Å². The van der Waals surface area contributed by atoms with E-state index in [-0.39, 0.29) is 34.7 Å². The molecule has 1 aromatic heterocycles. The molecule has 3 saturated heterocycles. The Morgan fingerprint density at radius 2 is 1.45 bits per heavy atom. The molecule has 0 atom stereocenters. The van der Waals surface area contributed by atoms with Crippen molar-refractivity contribution in [3.8, 4) is 5.75 Å². The Balaban J connectivity index is 0.000000149. The molecule has 0 saturated carbocycles. The first-order chi connectivity index (χ1) is 13.6. The smallest absolute Gasteiger partial charge is 0.227 e. The van der Waals surface area contributed by atoms with Crippen LogP contribution in [0.25, 0.3) is 10.9 Å². The van der Waals surface area contributed by atoms with E-state index in [0.29, 0.717) is 22.6 Å². The molecule has 1 aromatic carbocycles. The Morgan fingerprint density at radius 1 is 0.828 bits per heavy atom. The van der Waals surface area contributed by atoms with Gasteiger partial charge in [0.25, 0.3) is 0 Å². The van der Waals surface area contributed by atoms with Crippen LogP contribution in [0.5, 0.6) is 5.75 Å². The van der Waals surface area contributed by atoms with Crippen LogP contribution in [0.4, 0.5) is 0 Å². The molecule has 0 amide bonds. The van der Waals surface area contributed by atoms with E-state index >= 15 is 0 Å². The maximum Gasteiger partial charge on any atom is 0.227 e. The molecule has 2 aromatic rings. The molecule has 0 unspecified atom stereocenters. The van der Waals surface area contributed by atoms with Crippen molar-refractivity contribution >= 4 is 39.8 Å². The summed E-state index contributed by atoms with van der Waals surface area (Å²) in [5.41, 5.74) is 2.55. The molecule has 4 heterocycles. The van der Waals surface area contributed by atoms with E-state index in [0.717, 1.165) is 44.7 Å². The minimum absolute atomic E-state index is 0. The van der Waals surface area contributed by atoms with Gasteiger partial charge in [-0.3, -0.25) is 14.6 Å². The van der Waals surface area contributed by atoms with E-state index in [1.54, 1.807) is 18.3 Å². The molecular formula is C21H20AlN4O3. The molecule has 1 N–H and O–H groups in total. The van der Waals surface area contributed by atoms with Crippen molar-refractivity contribution in [3.05, 3.63) is 59.7 Å². The molecule has 3 radical (unpaired) electrons. The van der Waals surface area contributed by atoms with Crippen LogP contribution in [0.2, 0.25) is 0 Å². The largest absolute Gasteiger partial charge is 0.506 e. The average molecular weight is 403 g/mol. The Hall–Kier alpha value is -2.82. The second kappa shape index (κ2) is 7.54. The molecule has 8 heteroatoms. The maximum atomic E-state index is 12.4. The van der Waals surface area contributed by atoms with Crippen LogP contribution >= 0.6 is 0 Å². The SMILES string of the molecule is O=C1C=C(N2CC2)C(=O)C(N2CC2)=C1N1CC1.Oc1cccc2cccnc12.[Al]. The standard InChI is InChI=1S/C12H13N3O2.C9H7NO.Al/c16-9-7-8(13-1-2-13)12(17)11(15-5-6-15)10(9)14-3-4-14;11-8-5-1-3-7-4-2-6-10-9(7)8;/h7H,1-6H2;1-6,11H;. The lowest BCUT2D eigenvalue weighted by Crippen LogP contribution is -2.29. The van der Waals surface area contributed by atoms with Crippen LogP contribution in [0.3, 0.4) is 0 Å². The summed E-state index contributed by atoms with van der Waals surface area (Å²) in [4.78, 5) is 34.5. The van der Waals surface area contributed by atoms with Gasteiger partial charge < -0.3 is 19.8 Å². The van der Waals surface area contributed by atoms with Crippen molar-refractivity contribution in [3.63, 3.8) is 0 Å². The first kappa shape index (κ1) is 19.5. The molecule has 0 spiro atoms. The highest BCUT2D eigenvalue weighted by molar-refractivity contribution is 6.22. The van der Waals surface area contributed by atoms with Gasteiger partial charge in [0.1, 0.15) is 22.7 Å². The van der Waals surface area contributed by atoms with Gasteiger partial charge in [-0.05, 0) is 12.1 Å². The number of para-hydroxylation sites is 1. The number of benzene rings is 1. The highest BCUT2D eigenvalue weighted by Crippen LogP contribution is 2.33. The lowest BCUT2D eigenvalue weighted by Gasteiger charge is -2.21. The Kier molecular flexibility index (Phi) is 5.07. The minimum Gasteiger partial charge on any atom is -0.506 e. The Bertz CT molecular complexity index is 1050. The molecule has 3 fully saturated rings. The van der Waals surface area contributed by atoms with Crippen molar-refractivity contribution in [1.29, 1.82) is 0 Å². The zero-order chi connectivity index (χ0) is 19.3. The topological polar surface area (TPSA) is 76.3 Å². The number of phenols is 1. The number of allylic oxidation sites excluding steroid dienone is 1. The predicted octanol–water partition coefficient (Wildman–Crippen LogP) is 0.740. The van der Waals surface area contributed by atoms with Gasteiger partial charge in [0.2, 0.25) is 11.6 Å². The molecule has 145 valence electrons. The first-order valence-corrected chi connectivity index (χ1v) is 9.46. The van der Waals surface area contributed by atoms with E-state index in [4.69, 9.17) is 0 Å². The minimum atomic E-state index is 0. The van der Waals surface area contributed by atoms with Crippen LogP contribution in [0.15, 0.2) is 59.7 Å². The summed E-state index contributed by atoms with van der Waals surface area (Å²) in [7, 11) is 0. The third-order valence-corrected chi connectivity index (χ3v) is 5.10. The highest BCUT2D eigenvalue weighted by Gasteiger charge is 2.43. The second-order valence-corrected chi connectivity index (χ2v) is 7.23. The van der Waals surface area contributed by atoms with E-state index in [1.807, 2.05) is 32.9 Å². The zero-order valence-electron chi connectivity index (χ0n) is 15.9. The number of hydrogen-bond donors (Lipinski definition) is 1. The fourth-order valence-electron chi connectivity index (χ4n) is 3.36. The van der Waals surface area contributed by atoms with Gasteiger partial charge in [-0.25, -0.2) is 0 Å². The maximum absolute atomic E-state index is 12.4. The van der Waals surface area contributed by atoms with Gasteiger partial charge >= 0.3 is 0 Å². The quantitative estimate of drug-likeness (QED) is 0.460. The number of Topliss-reactive ketones (excluding diaryl/α,β-unsaturated/α-hetero) is 1. The first-order valence-electron chi connectivity index (χ1n) is 9.46. The van der Waals surface area contributed by atoms with Crippen LogP contribution < -0.4 is 0 Å². The van der Waals surface area contributed by atoms with Crippen molar-refractivity contribution in [2.45, 2.75) is 0 Å². The van der Waals surface area contributed by atoms with Crippen LogP contribution in [0, 0.1) is 0 Å². The summed E-state index contributed by atoms with van der Waals surface area (Å²) in [5.74, 6) is 0.288. The summed E-state index contributed by atoms with van der Waals surface area (Å²) in [5, 5.41) is 10.3. The predicted molar refractivity (Wildman–Crippen MR) is 109 cm³/mol. The van der Waals surface area contributed by atoms with Gasteiger partial charge in [-0.2, -0.15) is 0 Å². The van der Waals surface area contributed by atoms with Crippen LogP contribution in [-0.2, 0) is 9.59 Å². The summed E-state index contributed by atoms with van der Waals surface area (Å²) >= 11 is 0. The number of aromatic hydroxyl groups is 1. The molecule has 4 aliphatic rings. The van der Waals surface area contributed by atoms with E-state index in [9.17, 15) is 14.7 Å². The number of fused-ring (bicyclic) bond motifs is 1. The number of carbonyl (C=O) groups excluding carboxylic acids is 2. The molecular weight excluding hydrogens is 383 g/mol. The molecule has 1 aliphatic carbocycles. The molecule has 3 aliphatic heterocycles. The van der Waals surface area contributed by atoms with Gasteiger partial charge in [0, 0.05) is 74.3 Å². The summed E-state index contributed by atoms with van der Waals surface area (Å²) in [6.07, 6.45) is 3.19. The number of carbonyl (C=O) groups is 2. The number of nitrogens with zero attached hydrogens (tertiary/aromatic N) is 4. The van der Waals surface area contributed by atoms with E-state index in [2.05, 4.69) is 4.98 Å². The third kappa shape index (κ3) is 3.86. The molecule has 7 nitrogen and oxygen atoms in total. The third-order valence-electron chi connectivity index (χ3n) is 5.10. The zero-order valence-corrected chi connectivity index (χ0v) is 17.1. The number of pyridine rings is 1. The number of ketones is 2. The second-order valence-electron chi connectivity index (χ2n) is 7.23. The average Bonchev–Trinajstić information content (AvgIpc) is 3.57. The fraction of sp³-hybridized carbons (Fsp3) is 0.286. The monoisotopic (exact) mass is 403 g/mol. The Labute approximate surface area is 179 Å². The van der Waals surface area contributed by atoms with Crippen molar-refractivity contribution < 1.29 is 14.7 Å². The van der Waals surface area contributed by atoms with E-state index < -0.39 is 0 Å². The van der Waals surface area contributed by atoms with Crippen molar-refractivity contribution in [2.75, 3.05) is 39.3 Å². The molecule has 6 rings (SSSR count). The Morgan fingerprint density at radius 3 is 2.07 bits per heavy atom. The molecule has 29 heavy (non-hydrogen) atoms.